The highest BCUT2D eigenvalue weighted by Gasteiger charge is 2.10. The molecular weight excluding hydrogens is 330 g/mol. The van der Waals surface area contributed by atoms with Crippen LogP contribution >= 0.6 is 0 Å². The van der Waals surface area contributed by atoms with Gasteiger partial charge in [-0.2, -0.15) is 4.68 Å². The van der Waals surface area contributed by atoms with Gasteiger partial charge in [0.2, 0.25) is 5.91 Å². The molecule has 0 saturated carbocycles. The molecule has 3 aromatic rings. The number of benzene rings is 2. The Kier molecular flexibility index (Phi) is 5.58. The van der Waals surface area contributed by atoms with E-state index in [0.717, 1.165) is 22.6 Å². The molecule has 0 aliphatic heterocycles. The Bertz CT molecular complexity index is 874. The fourth-order valence-electron chi connectivity index (χ4n) is 2.61. The molecule has 0 aliphatic rings. The molecule has 0 bridgehead atoms. The number of ether oxygens (including phenoxy) is 1. The molecule has 0 atom stereocenters. The topological polar surface area (TPSA) is 81.9 Å². The van der Waals surface area contributed by atoms with E-state index in [-0.39, 0.29) is 12.5 Å². The van der Waals surface area contributed by atoms with E-state index in [2.05, 4.69) is 20.8 Å². The molecule has 7 nitrogen and oxygen atoms in total. The summed E-state index contributed by atoms with van der Waals surface area (Å²) in [6.45, 7) is 4.81. The number of tetrazole rings is 1. The summed E-state index contributed by atoms with van der Waals surface area (Å²) in [4.78, 5) is 12.2. The highest BCUT2D eigenvalue weighted by Crippen LogP contribution is 2.15. The maximum absolute atomic E-state index is 12.2. The molecule has 1 amide bonds. The number of nitrogens with zero attached hydrogens (tertiary/aromatic N) is 4. The number of nitrogens with one attached hydrogen (secondary N) is 1. The second-order valence-corrected chi connectivity index (χ2v) is 5.88. The molecule has 2 aromatic carbocycles. The summed E-state index contributed by atoms with van der Waals surface area (Å²) in [5.74, 6) is 1.28. The number of hydrogen-bond donors (Lipinski definition) is 1. The van der Waals surface area contributed by atoms with Crippen LogP contribution in [0.15, 0.2) is 48.5 Å². The van der Waals surface area contributed by atoms with Gasteiger partial charge in [0.15, 0.2) is 5.82 Å². The van der Waals surface area contributed by atoms with E-state index in [4.69, 9.17) is 4.74 Å². The zero-order valence-corrected chi connectivity index (χ0v) is 14.8. The van der Waals surface area contributed by atoms with Crippen LogP contribution in [-0.2, 0) is 17.8 Å². The summed E-state index contributed by atoms with van der Waals surface area (Å²) in [5.41, 5.74) is 2.92. The van der Waals surface area contributed by atoms with Gasteiger partial charge in [-0.1, -0.05) is 29.8 Å². The predicted molar refractivity (Wildman–Crippen MR) is 97.1 cm³/mol. The van der Waals surface area contributed by atoms with E-state index in [1.807, 2.05) is 62.4 Å². The minimum atomic E-state index is -0.0724. The highest BCUT2D eigenvalue weighted by atomic mass is 16.5. The number of aromatic nitrogens is 4. The highest BCUT2D eigenvalue weighted by molar-refractivity contribution is 5.78. The second-order valence-electron chi connectivity index (χ2n) is 5.88. The molecule has 0 unspecified atom stereocenters. The van der Waals surface area contributed by atoms with Gasteiger partial charge in [-0.15, -0.1) is 5.10 Å². The van der Waals surface area contributed by atoms with Crippen LogP contribution in [0.2, 0.25) is 0 Å². The van der Waals surface area contributed by atoms with Crippen molar-refractivity contribution in [1.29, 1.82) is 0 Å². The largest absolute Gasteiger partial charge is 0.494 e. The van der Waals surface area contributed by atoms with Gasteiger partial charge in [-0.05, 0) is 54.1 Å². The number of hydrogen-bond acceptors (Lipinski definition) is 5. The first kappa shape index (κ1) is 17.6. The Morgan fingerprint density at radius 1 is 1.19 bits per heavy atom. The summed E-state index contributed by atoms with van der Waals surface area (Å²) in [6, 6.07) is 15.4. The predicted octanol–water partition coefficient (Wildman–Crippen LogP) is 2.23. The Hall–Kier alpha value is -3.22. The van der Waals surface area contributed by atoms with Crippen molar-refractivity contribution in [3.63, 3.8) is 0 Å². The van der Waals surface area contributed by atoms with Crippen LogP contribution in [0.5, 0.6) is 5.75 Å². The van der Waals surface area contributed by atoms with Gasteiger partial charge in [0, 0.05) is 0 Å². The van der Waals surface area contributed by atoms with Crippen molar-refractivity contribution >= 4 is 5.91 Å². The van der Waals surface area contributed by atoms with Gasteiger partial charge >= 0.3 is 0 Å². The Balaban J connectivity index is 1.62. The van der Waals surface area contributed by atoms with Crippen molar-refractivity contribution in [2.75, 3.05) is 6.61 Å². The maximum Gasteiger partial charge on any atom is 0.224 e. The summed E-state index contributed by atoms with van der Waals surface area (Å²) in [7, 11) is 0. The molecule has 26 heavy (non-hydrogen) atoms. The Labute approximate surface area is 152 Å². The minimum absolute atomic E-state index is 0.0724. The van der Waals surface area contributed by atoms with E-state index >= 15 is 0 Å². The lowest BCUT2D eigenvalue weighted by Crippen LogP contribution is -2.26. The SMILES string of the molecule is CCOc1ccc(-n2nnnc2CNC(=O)Cc2cccc(C)c2)cc1. The van der Waals surface area contributed by atoms with E-state index in [9.17, 15) is 4.79 Å². The number of aryl methyl sites for hydroxylation is 1. The van der Waals surface area contributed by atoms with Gasteiger partial charge < -0.3 is 10.1 Å². The van der Waals surface area contributed by atoms with E-state index < -0.39 is 0 Å². The number of carbonyl (C=O) groups excluding carboxylic acids is 1. The number of amides is 1. The average molecular weight is 351 g/mol. The first-order valence-electron chi connectivity index (χ1n) is 8.48. The lowest BCUT2D eigenvalue weighted by Gasteiger charge is -2.08. The van der Waals surface area contributed by atoms with Crippen LogP contribution in [-0.4, -0.2) is 32.7 Å². The fourth-order valence-corrected chi connectivity index (χ4v) is 2.61. The van der Waals surface area contributed by atoms with Crippen LogP contribution in [0, 0.1) is 6.92 Å². The van der Waals surface area contributed by atoms with Gasteiger partial charge in [0.05, 0.1) is 25.3 Å². The molecular formula is C19H21N5O2. The summed E-state index contributed by atoms with van der Waals surface area (Å²) in [6.07, 6.45) is 0.326. The monoisotopic (exact) mass is 351 g/mol. The summed E-state index contributed by atoms with van der Waals surface area (Å²) in [5, 5.41) is 14.6. The minimum Gasteiger partial charge on any atom is -0.494 e. The van der Waals surface area contributed by atoms with Crippen LogP contribution in [0.1, 0.15) is 23.9 Å². The van der Waals surface area contributed by atoms with Crippen LogP contribution < -0.4 is 10.1 Å². The average Bonchev–Trinajstić information content (AvgIpc) is 3.09. The number of carbonyl (C=O) groups is 1. The van der Waals surface area contributed by atoms with Crippen LogP contribution in [0.4, 0.5) is 0 Å². The molecule has 0 radical (unpaired) electrons. The van der Waals surface area contributed by atoms with E-state index in [1.165, 1.54) is 0 Å². The molecule has 7 heteroatoms. The Morgan fingerprint density at radius 2 is 2.00 bits per heavy atom. The molecule has 1 aromatic heterocycles. The van der Waals surface area contributed by atoms with Gasteiger partial charge in [0.1, 0.15) is 5.75 Å². The number of rotatable bonds is 7. The van der Waals surface area contributed by atoms with E-state index in [1.54, 1.807) is 4.68 Å². The molecule has 3 rings (SSSR count). The third kappa shape index (κ3) is 4.44. The van der Waals surface area contributed by atoms with Crippen molar-refractivity contribution in [3.05, 3.63) is 65.5 Å². The molecule has 0 fully saturated rings. The van der Waals surface area contributed by atoms with Gasteiger partial charge in [-0.3, -0.25) is 4.79 Å². The molecule has 0 saturated heterocycles. The summed E-state index contributed by atoms with van der Waals surface area (Å²) >= 11 is 0. The standard InChI is InChI=1S/C19H21N5O2/c1-3-26-17-9-7-16(8-10-17)24-18(21-22-23-24)13-20-19(25)12-15-6-4-5-14(2)11-15/h4-11H,3,12-13H2,1-2H3,(H,20,25). The zero-order chi connectivity index (χ0) is 18.4. The Morgan fingerprint density at radius 3 is 2.73 bits per heavy atom. The van der Waals surface area contributed by atoms with Crippen molar-refractivity contribution in [1.82, 2.24) is 25.5 Å². The molecule has 1 heterocycles. The van der Waals surface area contributed by atoms with E-state index in [0.29, 0.717) is 18.9 Å². The maximum atomic E-state index is 12.2. The molecule has 0 spiro atoms. The van der Waals surface area contributed by atoms with Gasteiger partial charge in [-0.25, -0.2) is 0 Å². The van der Waals surface area contributed by atoms with Crippen molar-refractivity contribution in [2.45, 2.75) is 26.8 Å². The van der Waals surface area contributed by atoms with Crippen molar-refractivity contribution < 1.29 is 9.53 Å². The fraction of sp³-hybridized carbons (Fsp3) is 0.263. The third-order valence-corrected chi connectivity index (χ3v) is 3.82. The van der Waals surface area contributed by atoms with Crippen LogP contribution in [0.3, 0.4) is 0 Å². The quantitative estimate of drug-likeness (QED) is 0.706. The first-order valence-corrected chi connectivity index (χ1v) is 8.48. The van der Waals surface area contributed by atoms with Crippen molar-refractivity contribution in [2.24, 2.45) is 0 Å². The smallest absolute Gasteiger partial charge is 0.224 e. The lowest BCUT2D eigenvalue weighted by atomic mass is 10.1. The third-order valence-electron chi connectivity index (χ3n) is 3.82. The first-order chi connectivity index (χ1) is 12.7. The molecule has 1 N–H and O–H groups in total. The molecule has 0 aliphatic carbocycles. The second kappa shape index (κ2) is 8.24. The van der Waals surface area contributed by atoms with Crippen LogP contribution in [0.25, 0.3) is 5.69 Å². The lowest BCUT2D eigenvalue weighted by molar-refractivity contribution is -0.120. The van der Waals surface area contributed by atoms with Gasteiger partial charge in [0.25, 0.3) is 0 Å². The van der Waals surface area contributed by atoms with Crippen molar-refractivity contribution in [3.8, 4) is 11.4 Å². The normalized spacial score (nSPS) is 10.5. The zero-order valence-electron chi connectivity index (χ0n) is 14.8. The summed E-state index contributed by atoms with van der Waals surface area (Å²) < 4.78 is 7.03. The molecule has 134 valence electrons.